The van der Waals surface area contributed by atoms with Gasteiger partial charge in [-0.15, -0.1) is 12.3 Å². The molecule has 3 heteroatoms. The average molecular weight is 220 g/mol. The van der Waals surface area contributed by atoms with Gasteiger partial charge in [-0.3, -0.25) is 4.79 Å². The Balaban J connectivity index is 1.82. The van der Waals surface area contributed by atoms with Gasteiger partial charge in [0.2, 0.25) is 5.91 Å². The van der Waals surface area contributed by atoms with Crippen LogP contribution in [0.4, 0.5) is 0 Å². The van der Waals surface area contributed by atoms with E-state index in [0.29, 0.717) is 12.3 Å². The molecular formula is C13H20N2O. The quantitative estimate of drug-likeness (QED) is 0.643. The third-order valence-corrected chi connectivity index (χ3v) is 3.77. The van der Waals surface area contributed by atoms with E-state index in [2.05, 4.69) is 17.9 Å². The summed E-state index contributed by atoms with van der Waals surface area (Å²) in [5.74, 6) is 3.78. The summed E-state index contributed by atoms with van der Waals surface area (Å²) in [5.41, 5.74) is 0. The maximum absolute atomic E-state index is 11.7. The molecule has 3 nitrogen and oxygen atoms in total. The fourth-order valence-corrected chi connectivity index (χ4v) is 2.62. The van der Waals surface area contributed by atoms with Gasteiger partial charge in [0, 0.05) is 25.4 Å². The lowest BCUT2D eigenvalue weighted by atomic mass is 9.96. The van der Waals surface area contributed by atoms with Crippen molar-refractivity contribution >= 4 is 5.91 Å². The Kier molecular flexibility index (Phi) is 3.50. The molecule has 2 aliphatic heterocycles. The zero-order chi connectivity index (χ0) is 11.5. The fourth-order valence-electron chi connectivity index (χ4n) is 2.62. The predicted molar refractivity (Wildman–Crippen MR) is 63.7 cm³/mol. The number of piperidine rings is 1. The van der Waals surface area contributed by atoms with Crippen LogP contribution in [0.2, 0.25) is 0 Å². The second-order valence-electron chi connectivity index (χ2n) is 5.11. The van der Waals surface area contributed by atoms with Gasteiger partial charge in [0.1, 0.15) is 0 Å². The molecular weight excluding hydrogens is 200 g/mol. The Morgan fingerprint density at radius 3 is 2.69 bits per heavy atom. The number of rotatable bonds is 2. The molecule has 88 valence electrons. The highest BCUT2D eigenvalue weighted by atomic mass is 16.2. The molecule has 0 spiro atoms. The molecule has 0 radical (unpaired) electrons. The summed E-state index contributed by atoms with van der Waals surface area (Å²) in [6.07, 6.45) is 8.35. The zero-order valence-electron chi connectivity index (χ0n) is 9.98. The molecule has 0 aromatic carbocycles. The zero-order valence-corrected chi connectivity index (χ0v) is 9.98. The SMILES string of the molecule is C#CC1CC(=O)N(CC2CCN(C)CC2)C1. The van der Waals surface area contributed by atoms with Crippen LogP contribution in [0.5, 0.6) is 0 Å². The number of amides is 1. The van der Waals surface area contributed by atoms with Crippen molar-refractivity contribution in [3.05, 3.63) is 0 Å². The highest BCUT2D eigenvalue weighted by molar-refractivity contribution is 5.79. The molecule has 2 heterocycles. The van der Waals surface area contributed by atoms with E-state index in [0.717, 1.165) is 26.2 Å². The van der Waals surface area contributed by atoms with Crippen LogP contribution in [0.1, 0.15) is 19.3 Å². The normalized spacial score (nSPS) is 28.4. The number of hydrogen-bond donors (Lipinski definition) is 0. The van der Waals surface area contributed by atoms with Crippen molar-refractivity contribution in [2.24, 2.45) is 11.8 Å². The van der Waals surface area contributed by atoms with Crippen LogP contribution >= 0.6 is 0 Å². The third kappa shape index (κ3) is 2.56. The van der Waals surface area contributed by atoms with Gasteiger partial charge in [0.15, 0.2) is 0 Å². The van der Waals surface area contributed by atoms with E-state index < -0.39 is 0 Å². The van der Waals surface area contributed by atoms with Gasteiger partial charge in [-0.2, -0.15) is 0 Å². The first-order valence-electron chi connectivity index (χ1n) is 6.11. The van der Waals surface area contributed by atoms with E-state index >= 15 is 0 Å². The molecule has 0 aliphatic carbocycles. The number of terminal acetylenes is 1. The van der Waals surface area contributed by atoms with Crippen molar-refractivity contribution in [2.45, 2.75) is 19.3 Å². The number of nitrogens with zero attached hydrogens (tertiary/aromatic N) is 2. The largest absolute Gasteiger partial charge is 0.341 e. The van der Waals surface area contributed by atoms with Gasteiger partial charge < -0.3 is 9.80 Å². The first kappa shape index (κ1) is 11.5. The van der Waals surface area contributed by atoms with Gasteiger partial charge in [-0.25, -0.2) is 0 Å². The van der Waals surface area contributed by atoms with Crippen molar-refractivity contribution in [2.75, 3.05) is 33.2 Å². The smallest absolute Gasteiger partial charge is 0.223 e. The summed E-state index contributed by atoms with van der Waals surface area (Å²) in [4.78, 5) is 16.0. The lowest BCUT2D eigenvalue weighted by molar-refractivity contribution is -0.128. The molecule has 1 unspecified atom stereocenters. The third-order valence-electron chi connectivity index (χ3n) is 3.77. The van der Waals surface area contributed by atoms with E-state index in [1.54, 1.807) is 0 Å². The minimum absolute atomic E-state index is 0.152. The Hall–Kier alpha value is -1.01. The number of likely N-dealkylation sites (tertiary alicyclic amines) is 2. The molecule has 0 aromatic heterocycles. The lowest BCUT2D eigenvalue weighted by Crippen LogP contribution is -2.37. The molecule has 2 aliphatic rings. The maximum Gasteiger partial charge on any atom is 0.223 e. The van der Waals surface area contributed by atoms with Gasteiger partial charge in [-0.05, 0) is 38.9 Å². The van der Waals surface area contributed by atoms with Crippen LogP contribution in [0.25, 0.3) is 0 Å². The molecule has 0 bridgehead atoms. The van der Waals surface area contributed by atoms with Crippen molar-refractivity contribution in [3.8, 4) is 12.3 Å². The van der Waals surface area contributed by atoms with E-state index in [1.165, 1.54) is 12.8 Å². The summed E-state index contributed by atoms with van der Waals surface area (Å²) in [6, 6.07) is 0. The first-order valence-corrected chi connectivity index (χ1v) is 6.11. The molecule has 0 N–H and O–H groups in total. The fraction of sp³-hybridized carbons (Fsp3) is 0.769. The topological polar surface area (TPSA) is 23.6 Å². The molecule has 2 rings (SSSR count). The molecule has 0 aromatic rings. The molecule has 16 heavy (non-hydrogen) atoms. The average Bonchev–Trinajstić information content (AvgIpc) is 2.63. The Morgan fingerprint density at radius 1 is 1.44 bits per heavy atom. The van der Waals surface area contributed by atoms with Crippen LogP contribution in [0, 0.1) is 24.2 Å². The molecule has 2 fully saturated rings. The van der Waals surface area contributed by atoms with Crippen molar-refractivity contribution in [1.82, 2.24) is 9.80 Å². The Bertz CT molecular complexity index is 300. The molecule has 1 amide bonds. The summed E-state index contributed by atoms with van der Waals surface area (Å²) >= 11 is 0. The predicted octanol–water partition coefficient (Wildman–Crippen LogP) is 0.810. The second kappa shape index (κ2) is 4.88. The van der Waals surface area contributed by atoms with Crippen LogP contribution in [-0.2, 0) is 4.79 Å². The number of carbonyl (C=O) groups is 1. The van der Waals surface area contributed by atoms with Crippen molar-refractivity contribution in [1.29, 1.82) is 0 Å². The maximum atomic E-state index is 11.7. The van der Waals surface area contributed by atoms with Crippen LogP contribution in [0.15, 0.2) is 0 Å². The Morgan fingerprint density at radius 2 is 2.12 bits per heavy atom. The highest BCUT2D eigenvalue weighted by Gasteiger charge is 2.30. The first-order chi connectivity index (χ1) is 7.69. The van der Waals surface area contributed by atoms with E-state index in [9.17, 15) is 4.79 Å². The van der Waals surface area contributed by atoms with Gasteiger partial charge in [0.25, 0.3) is 0 Å². The minimum atomic E-state index is 0.152. The lowest BCUT2D eigenvalue weighted by Gasteiger charge is -2.31. The highest BCUT2D eigenvalue weighted by Crippen LogP contribution is 2.22. The van der Waals surface area contributed by atoms with Crippen molar-refractivity contribution < 1.29 is 4.79 Å². The number of carbonyl (C=O) groups excluding carboxylic acids is 1. The summed E-state index contributed by atoms with van der Waals surface area (Å²) in [6.45, 7) is 4.02. The minimum Gasteiger partial charge on any atom is -0.341 e. The van der Waals surface area contributed by atoms with E-state index in [-0.39, 0.29) is 11.8 Å². The molecule has 2 saturated heterocycles. The van der Waals surface area contributed by atoms with E-state index in [4.69, 9.17) is 6.42 Å². The Labute approximate surface area is 97.8 Å². The van der Waals surface area contributed by atoms with Crippen molar-refractivity contribution in [3.63, 3.8) is 0 Å². The van der Waals surface area contributed by atoms with Crippen LogP contribution in [-0.4, -0.2) is 48.9 Å². The van der Waals surface area contributed by atoms with Gasteiger partial charge >= 0.3 is 0 Å². The standard InChI is InChI=1S/C13H20N2O/c1-3-11-8-13(16)15(9-11)10-12-4-6-14(2)7-5-12/h1,11-12H,4-10H2,2H3. The molecule has 0 saturated carbocycles. The summed E-state index contributed by atoms with van der Waals surface area (Å²) in [7, 11) is 2.16. The van der Waals surface area contributed by atoms with E-state index in [1.807, 2.05) is 4.90 Å². The summed E-state index contributed by atoms with van der Waals surface area (Å²) < 4.78 is 0. The second-order valence-corrected chi connectivity index (χ2v) is 5.11. The monoisotopic (exact) mass is 220 g/mol. The van der Waals surface area contributed by atoms with Crippen LogP contribution in [0.3, 0.4) is 0 Å². The van der Waals surface area contributed by atoms with Gasteiger partial charge in [-0.1, -0.05) is 0 Å². The molecule has 1 atom stereocenters. The summed E-state index contributed by atoms with van der Waals surface area (Å²) in [5, 5.41) is 0. The van der Waals surface area contributed by atoms with Gasteiger partial charge in [0.05, 0.1) is 0 Å². The van der Waals surface area contributed by atoms with Crippen LogP contribution < -0.4 is 0 Å². The number of hydrogen-bond acceptors (Lipinski definition) is 2.